The third-order valence-corrected chi connectivity index (χ3v) is 4.09. The molecule has 7 heteroatoms. The molecule has 5 nitrogen and oxygen atoms in total. The fourth-order valence-electron chi connectivity index (χ4n) is 2.11. The van der Waals surface area contributed by atoms with Gasteiger partial charge in [-0.25, -0.2) is 4.39 Å². The summed E-state index contributed by atoms with van der Waals surface area (Å²) >= 11 is 0. The predicted molar refractivity (Wildman–Crippen MR) is 96.5 cm³/mol. The van der Waals surface area contributed by atoms with Crippen molar-refractivity contribution >= 4 is 18.3 Å². The van der Waals surface area contributed by atoms with Crippen molar-refractivity contribution < 1.29 is 18.3 Å². The first-order chi connectivity index (χ1) is 11.5. The standard InChI is InChI=1S/C18H23FN2O3.ClH/c1-3-18(20,4-2)12-21-17(22)16-10-9-15(24-16)11-23-14-7-5-13(19)6-8-14;/h5-10H,3-4,11-12,20H2,1-2H3,(H,21,22);1H. The second-order valence-electron chi connectivity index (χ2n) is 5.76. The van der Waals surface area contributed by atoms with Crippen LogP contribution in [0.25, 0.3) is 0 Å². The lowest BCUT2D eigenvalue weighted by atomic mass is 9.94. The highest BCUT2D eigenvalue weighted by Gasteiger charge is 2.22. The topological polar surface area (TPSA) is 77.5 Å². The number of nitrogens with one attached hydrogen (secondary N) is 1. The van der Waals surface area contributed by atoms with E-state index in [1.807, 2.05) is 13.8 Å². The Labute approximate surface area is 153 Å². The molecule has 0 aliphatic rings. The van der Waals surface area contributed by atoms with Crippen LogP contribution in [-0.4, -0.2) is 18.0 Å². The van der Waals surface area contributed by atoms with Gasteiger partial charge in [0.2, 0.25) is 0 Å². The molecule has 1 aromatic heterocycles. The Balaban J connectivity index is 0.00000312. The number of benzene rings is 1. The van der Waals surface area contributed by atoms with Gasteiger partial charge in [-0.1, -0.05) is 13.8 Å². The van der Waals surface area contributed by atoms with Gasteiger partial charge in [-0.15, -0.1) is 12.4 Å². The Morgan fingerprint density at radius 3 is 2.44 bits per heavy atom. The Kier molecular flexibility index (Phi) is 7.93. The molecule has 138 valence electrons. The van der Waals surface area contributed by atoms with Crippen LogP contribution in [0.5, 0.6) is 5.75 Å². The summed E-state index contributed by atoms with van der Waals surface area (Å²) in [6.07, 6.45) is 1.55. The van der Waals surface area contributed by atoms with Crippen LogP contribution in [0.3, 0.4) is 0 Å². The molecule has 2 aromatic rings. The summed E-state index contributed by atoms with van der Waals surface area (Å²) < 4.78 is 23.8. The Bertz CT molecular complexity index is 669. The van der Waals surface area contributed by atoms with Crippen molar-refractivity contribution in [2.24, 2.45) is 5.73 Å². The van der Waals surface area contributed by atoms with Crippen LogP contribution in [0.2, 0.25) is 0 Å². The summed E-state index contributed by atoms with van der Waals surface area (Å²) in [5.41, 5.74) is 5.75. The summed E-state index contributed by atoms with van der Waals surface area (Å²) in [5, 5.41) is 2.79. The largest absolute Gasteiger partial charge is 0.486 e. The number of halogens is 2. The number of carbonyl (C=O) groups is 1. The summed E-state index contributed by atoms with van der Waals surface area (Å²) in [6.45, 7) is 4.53. The first-order valence-electron chi connectivity index (χ1n) is 8.00. The van der Waals surface area contributed by atoms with Gasteiger partial charge in [0.1, 0.15) is 23.9 Å². The van der Waals surface area contributed by atoms with E-state index in [2.05, 4.69) is 5.32 Å². The first kappa shape index (κ1) is 21.0. The van der Waals surface area contributed by atoms with Gasteiger partial charge in [-0.2, -0.15) is 0 Å². The molecule has 0 saturated heterocycles. The Hall–Kier alpha value is -2.05. The van der Waals surface area contributed by atoms with Crippen LogP contribution < -0.4 is 15.8 Å². The highest BCUT2D eigenvalue weighted by Crippen LogP contribution is 2.15. The van der Waals surface area contributed by atoms with Crippen molar-refractivity contribution in [3.8, 4) is 5.75 Å². The number of hydrogen-bond acceptors (Lipinski definition) is 4. The fourth-order valence-corrected chi connectivity index (χ4v) is 2.11. The molecule has 0 atom stereocenters. The molecule has 0 spiro atoms. The summed E-state index contributed by atoms with van der Waals surface area (Å²) in [7, 11) is 0. The molecule has 3 N–H and O–H groups in total. The molecule has 1 aromatic carbocycles. The Morgan fingerprint density at radius 2 is 1.84 bits per heavy atom. The van der Waals surface area contributed by atoms with Crippen LogP contribution in [-0.2, 0) is 6.61 Å². The van der Waals surface area contributed by atoms with E-state index in [-0.39, 0.29) is 36.5 Å². The van der Waals surface area contributed by atoms with E-state index in [4.69, 9.17) is 14.9 Å². The van der Waals surface area contributed by atoms with Gasteiger partial charge in [0.15, 0.2) is 5.76 Å². The van der Waals surface area contributed by atoms with E-state index in [0.717, 1.165) is 12.8 Å². The molecule has 0 aliphatic carbocycles. The van der Waals surface area contributed by atoms with E-state index in [9.17, 15) is 9.18 Å². The van der Waals surface area contributed by atoms with Gasteiger partial charge in [-0.05, 0) is 49.2 Å². The molecule has 0 unspecified atom stereocenters. The third kappa shape index (κ3) is 6.07. The maximum absolute atomic E-state index is 12.8. The summed E-state index contributed by atoms with van der Waals surface area (Å²) in [4.78, 5) is 12.1. The molecule has 0 saturated carbocycles. The number of hydrogen-bond donors (Lipinski definition) is 2. The van der Waals surface area contributed by atoms with Crippen molar-refractivity contribution in [3.63, 3.8) is 0 Å². The third-order valence-electron chi connectivity index (χ3n) is 4.09. The van der Waals surface area contributed by atoms with Gasteiger partial charge < -0.3 is 20.2 Å². The SMILES string of the molecule is CCC(N)(CC)CNC(=O)c1ccc(COc2ccc(F)cc2)o1.Cl. The van der Waals surface area contributed by atoms with Crippen LogP contribution in [0.15, 0.2) is 40.8 Å². The van der Waals surface area contributed by atoms with Gasteiger partial charge in [-0.3, -0.25) is 4.79 Å². The van der Waals surface area contributed by atoms with Crippen molar-refractivity contribution in [1.29, 1.82) is 0 Å². The lowest BCUT2D eigenvalue weighted by Gasteiger charge is -2.26. The Morgan fingerprint density at radius 1 is 1.20 bits per heavy atom. The lowest BCUT2D eigenvalue weighted by molar-refractivity contribution is 0.0910. The zero-order valence-electron chi connectivity index (χ0n) is 14.4. The van der Waals surface area contributed by atoms with Crippen LogP contribution in [0.4, 0.5) is 4.39 Å². The smallest absolute Gasteiger partial charge is 0.287 e. The minimum atomic E-state index is -0.406. The maximum atomic E-state index is 12.8. The molecule has 2 rings (SSSR count). The average Bonchev–Trinajstić information content (AvgIpc) is 3.08. The minimum absolute atomic E-state index is 0. The quantitative estimate of drug-likeness (QED) is 0.743. The minimum Gasteiger partial charge on any atom is -0.486 e. The number of ether oxygens (including phenoxy) is 1. The molecule has 1 amide bonds. The molecular weight excluding hydrogens is 347 g/mol. The van der Waals surface area contributed by atoms with E-state index >= 15 is 0 Å². The number of furan rings is 1. The van der Waals surface area contributed by atoms with Crippen molar-refractivity contribution in [2.45, 2.75) is 38.8 Å². The van der Waals surface area contributed by atoms with Crippen molar-refractivity contribution in [2.75, 3.05) is 6.54 Å². The second-order valence-corrected chi connectivity index (χ2v) is 5.76. The van der Waals surface area contributed by atoms with E-state index in [1.54, 1.807) is 12.1 Å². The normalized spacial score (nSPS) is 10.9. The zero-order chi connectivity index (χ0) is 17.6. The number of amides is 1. The molecule has 0 bridgehead atoms. The monoisotopic (exact) mass is 370 g/mol. The highest BCUT2D eigenvalue weighted by atomic mass is 35.5. The zero-order valence-corrected chi connectivity index (χ0v) is 15.2. The molecule has 0 radical (unpaired) electrons. The van der Waals surface area contributed by atoms with E-state index in [1.165, 1.54) is 24.3 Å². The van der Waals surface area contributed by atoms with Gasteiger partial charge in [0.05, 0.1) is 0 Å². The molecule has 1 heterocycles. The maximum Gasteiger partial charge on any atom is 0.287 e. The lowest BCUT2D eigenvalue weighted by Crippen LogP contribution is -2.49. The predicted octanol–water partition coefficient (Wildman–Crippen LogP) is 3.67. The second kappa shape index (κ2) is 9.44. The van der Waals surface area contributed by atoms with Crippen LogP contribution in [0.1, 0.15) is 43.0 Å². The van der Waals surface area contributed by atoms with Gasteiger partial charge in [0.25, 0.3) is 5.91 Å². The van der Waals surface area contributed by atoms with Crippen LogP contribution >= 0.6 is 12.4 Å². The average molecular weight is 371 g/mol. The number of nitrogens with two attached hydrogens (primary N) is 1. The first-order valence-corrected chi connectivity index (χ1v) is 8.00. The summed E-state index contributed by atoms with van der Waals surface area (Å²) in [6, 6.07) is 8.96. The van der Waals surface area contributed by atoms with E-state index in [0.29, 0.717) is 18.1 Å². The van der Waals surface area contributed by atoms with Crippen molar-refractivity contribution in [3.05, 3.63) is 53.7 Å². The van der Waals surface area contributed by atoms with Crippen LogP contribution in [0, 0.1) is 5.82 Å². The van der Waals surface area contributed by atoms with E-state index < -0.39 is 5.54 Å². The number of carbonyl (C=O) groups excluding carboxylic acids is 1. The molecular formula is C18H24ClFN2O3. The van der Waals surface area contributed by atoms with Gasteiger partial charge >= 0.3 is 0 Å². The molecule has 0 aliphatic heterocycles. The highest BCUT2D eigenvalue weighted by molar-refractivity contribution is 5.91. The van der Waals surface area contributed by atoms with Crippen molar-refractivity contribution in [1.82, 2.24) is 5.32 Å². The number of rotatable bonds is 8. The summed E-state index contributed by atoms with van der Waals surface area (Å²) in [5.74, 6) is 0.614. The van der Waals surface area contributed by atoms with Gasteiger partial charge in [0, 0.05) is 12.1 Å². The fraction of sp³-hybridized carbons (Fsp3) is 0.389. The molecule has 0 fully saturated rings. The molecule has 25 heavy (non-hydrogen) atoms.